The van der Waals surface area contributed by atoms with Crippen molar-refractivity contribution in [2.24, 2.45) is 11.7 Å². The van der Waals surface area contributed by atoms with Gasteiger partial charge in [0.15, 0.2) is 17.3 Å². The smallest absolute Gasteiger partial charge is 0.163 e. The third kappa shape index (κ3) is 12.5. The van der Waals surface area contributed by atoms with E-state index in [9.17, 15) is 14.7 Å². The second kappa shape index (κ2) is 18.9. The van der Waals surface area contributed by atoms with Gasteiger partial charge < -0.3 is 20.9 Å². The van der Waals surface area contributed by atoms with E-state index < -0.39 is 0 Å². The van der Waals surface area contributed by atoms with Gasteiger partial charge in [-0.25, -0.2) is 0 Å². The van der Waals surface area contributed by atoms with Crippen molar-refractivity contribution < 1.29 is 19.4 Å². The number of nitrogens with one attached hydrogen (secondary N) is 1. The van der Waals surface area contributed by atoms with Crippen molar-refractivity contribution in [2.75, 3.05) is 7.11 Å². The van der Waals surface area contributed by atoms with Crippen molar-refractivity contribution in [3.63, 3.8) is 0 Å². The van der Waals surface area contributed by atoms with Gasteiger partial charge in [-0.3, -0.25) is 9.59 Å². The van der Waals surface area contributed by atoms with Gasteiger partial charge in [0.1, 0.15) is 5.78 Å². The van der Waals surface area contributed by atoms with Crippen LogP contribution < -0.4 is 15.8 Å². The van der Waals surface area contributed by atoms with E-state index in [2.05, 4.69) is 31.3 Å². The molecular weight excluding hydrogens is 548 g/mol. The summed E-state index contributed by atoms with van der Waals surface area (Å²) in [5.41, 5.74) is 11.2. The number of methoxy groups -OCH3 is 1. The first-order chi connectivity index (χ1) is 21.2. The van der Waals surface area contributed by atoms with Crippen molar-refractivity contribution in [1.29, 1.82) is 0 Å². The molecule has 0 amide bonds. The van der Waals surface area contributed by atoms with Crippen LogP contribution in [0.25, 0.3) is 6.08 Å². The Morgan fingerprint density at radius 2 is 1.68 bits per heavy atom. The van der Waals surface area contributed by atoms with Crippen LogP contribution in [-0.2, 0) is 22.4 Å². The molecule has 1 atom stereocenters. The fraction of sp³-hybridized carbons (Fsp3) is 0.474. The first-order valence-corrected chi connectivity index (χ1v) is 16.3. The lowest BCUT2D eigenvalue weighted by Crippen LogP contribution is -2.35. The zero-order chi connectivity index (χ0) is 31.7. The molecule has 0 aliphatic carbocycles. The Kier molecular flexibility index (Phi) is 15.0. The summed E-state index contributed by atoms with van der Waals surface area (Å²) in [7, 11) is 1.50. The molecule has 2 aromatic carbocycles. The number of Topliss-reactive ketones (excluding diaryl/α,β-unsaturated/α-hetero) is 1. The number of nitrogens with two attached hydrogens (primary N) is 1. The number of rotatable bonds is 20. The number of aryl methyl sites for hydroxylation is 1. The summed E-state index contributed by atoms with van der Waals surface area (Å²) in [4.78, 5) is 25.2. The van der Waals surface area contributed by atoms with Crippen LogP contribution in [0.5, 0.6) is 11.5 Å². The number of ether oxygens (including phenoxy) is 1. The molecule has 0 fully saturated rings. The Bertz CT molecular complexity index is 1290. The number of unbranched alkanes of at least 4 members (excludes halogenated alkanes) is 6. The zero-order valence-electron chi connectivity index (χ0n) is 26.9. The average molecular weight is 601 g/mol. The van der Waals surface area contributed by atoms with Crippen LogP contribution >= 0.6 is 0 Å². The largest absolute Gasteiger partial charge is 0.504 e. The van der Waals surface area contributed by atoms with Crippen molar-refractivity contribution in [1.82, 2.24) is 5.32 Å². The second-order valence-electron chi connectivity index (χ2n) is 12.4. The number of allylic oxidation sites excluding steroid dienone is 3. The normalized spacial score (nSPS) is 14.8. The number of dihydropyridines is 1. The summed E-state index contributed by atoms with van der Waals surface area (Å²) in [5.74, 6) is 0.915. The van der Waals surface area contributed by atoms with Gasteiger partial charge in [-0.1, -0.05) is 95.2 Å². The molecule has 238 valence electrons. The topological polar surface area (TPSA) is 102 Å². The van der Waals surface area contributed by atoms with Gasteiger partial charge in [0, 0.05) is 12.6 Å². The molecule has 0 aromatic heterocycles. The summed E-state index contributed by atoms with van der Waals surface area (Å²) in [5, 5.41) is 13.8. The highest BCUT2D eigenvalue weighted by Gasteiger charge is 2.17. The van der Waals surface area contributed by atoms with Gasteiger partial charge in [-0.2, -0.15) is 0 Å². The molecule has 3 rings (SSSR count). The number of hydrogen-bond acceptors (Lipinski definition) is 6. The van der Waals surface area contributed by atoms with Crippen molar-refractivity contribution >= 4 is 17.6 Å². The van der Waals surface area contributed by atoms with E-state index in [1.54, 1.807) is 18.2 Å². The number of phenolic OH excluding ortho intramolecular Hbond substituents is 1. The van der Waals surface area contributed by atoms with E-state index in [4.69, 9.17) is 10.5 Å². The monoisotopic (exact) mass is 600 g/mol. The van der Waals surface area contributed by atoms with E-state index in [0.717, 1.165) is 60.3 Å². The molecule has 1 unspecified atom stereocenters. The van der Waals surface area contributed by atoms with Gasteiger partial charge in [-0.15, -0.1) is 0 Å². The molecule has 1 aliphatic heterocycles. The van der Waals surface area contributed by atoms with E-state index in [0.29, 0.717) is 18.6 Å². The van der Waals surface area contributed by atoms with E-state index in [-0.39, 0.29) is 29.9 Å². The van der Waals surface area contributed by atoms with E-state index in [1.807, 2.05) is 30.5 Å². The average Bonchev–Trinajstić information content (AvgIpc) is 3.00. The number of phenols is 1. The number of ketones is 2. The predicted molar refractivity (Wildman–Crippen MR) is 180 cm³/mol. The third-order valence-corrected chi connectivity index (χ3v) is 8.15. The highest BCUT2D eigenvalue weighted by Crippen LogP contribution is 2.33. The highest BCUT2D eigenvalue weighted by molar-refractivity contribution is 6.06. The number of aromatic hydroxyl groups is 1. The van der Waals surface area contributed by atoms with E-state index in [1.165, 1.54) is 50.9 Å². The van der Waals surface area contributed by atoms with Crippen LogP contribution in [0.15, 0.2) is 72.0 Å². The summed E-state index contributed by atoms with van der Waals surface area (Å²) in [6, 6.07) is 13.7. The lowest BCUT2D eigenvalue weighted by atomic mass is 9.90. The van der Waals surface area contributed by atoms with Crippen LogP contribution in [0, 0.1) is 5.92 Å². The molecule has 0 saturated heterocycles. The SMILES string of the molecule is COc1cc(C=CC(=O)CC(=O)CCCCCCCCCC(C)C)c(CC2=CNC(N)C=C2CCc2ccccc2)cc1O. The van der Waals surface area contributed by atoms with Crippen LogP contribution in [-0.4, -0.2) is 29.9 Å². The fourth-order valence-corrected chi connectivity index (χ4v) is 5.58. The molecule has 4 N–H and O–H groups in total. The predicted octanol–water partition coefficient (Wildman–Crippen LogP) is 7.98. The minimum absolute atomic E-state index is 0.0111. The van der Waals surface area contributed by atoms with Crippen LogP contribution in [0.4, 0.5) is 0 Å². The Hall–Kier alpha value is -3.64. The van der Waals surface area contributed by atoms with Crippen LogP contribution in [0.2, 0.25) is 0 Å². The number of carbonyl (C=O) groups excluding carboxylic acids is 2. The molecule has 2 aromatic rings. The molecular formula is C38H52N2O4. The van der Waals surface area contributed by atoms with Gasteiger partial charge in [-0.05, 0) is 83.7 Å². The molecule has 6 heteroatoms. The lowest BCUT2D eigenvalue weighted by Gasteiger charge is -2.22. The van der Waals surface area contributed by atoms with Crippen molar-refractivity contribution in [3.8, 4) is 11.5 Å². The zero-order valence-corrected chi connectivity index (χ0v) is 26.9. The molecule has 1 aliphatic rings. The van der Waals surface area contributed by atoms with Gasteiger partial charge in [0.2, 0.25) is 0 Å². The minimum atomic E-state index is -0.261. The molecule has 0 bridgehead atoms. The van der Waals surface area contributed by atoms with Crippen LogP contribution in [0.1, 0.15) is 101 Å². The van der Waals surface area contributed by atoms with Crippen LogP contribution in [0.3, 0.4) is 0 Å². The standard InChI is InChI=1S/C38H52N2O4/c1-28(2)14-10-7-5-4-6-8-13-17-34(41)26-35(42)21-20-30-24-37(44-3)36(43)23-32(30)22-33-27-40-38(39)25-31(33)19-18-29-15-11-9-12-16-29/h9,11-12,15-16,20-21,23-25,27-28,38,40,43H,4-8,10,13-14,17-19,22,26,39H2,1-3H3. The summed E-state index contributed by atoms with van der Waals surface area (Å²) >= 11 is 0. The Balaban J connectivity index is 1.55. The quantitative estimate of drug-likeness (QED) is 0.0809. The lowest BCUT2D eigenvalue weighted by molar-refractivity contribution is -0.124. The molecule has 0 saturated carbocycles. The summed E-state index contributed by atoms with van der Waals surface area (Å²) in [6.07, 6.45) is 18.9. The van der Waals surface area contributed by atoms with Gasteiger partial charge in [0.05, 0.1) is 19.7 Å². The molecule has 0 spiro atoms. The van der Waals surface area contributed by atoms with Gasteiger partial charge in [0.25, 0.3) is 0 Å². The number of benzene rings is 2. The Morgan fingerprint density at radius 1 is 0.977 bits per heavy atom. The molecule has 0 radical (unpaired) electrons. The first-order valence-electron chi connectivity index (χ1n) is 16.3. The Labute approximate surface area is 264 Å². The number of carbonyl (C=O) groups is 2. The summed E-state index contributed by atoms with van der Waals surface area (Å²) < 4.78 is 5.35. The minimum Gasteiger partial charge on any atom is -0.504 e. The Morgan fingerprint density at radius 3 is 2.39 bits per heavy atom. The maximum atomic E-state index is 12.7. The second-order valence-corrected chi connectivity index (χ2v) is 12.4. The fourth-order valence-electron chi connectivity index (χ4n) is 5.58. The molecule has 44 heavy (non-hydrogen) atoms. The number of hydrogen-bond donors (Lipinski definition) is 3. The third-order valence-electron chi connectivity index (χ3n) is 8.15. The first kappa shape index (κ1) is 34.8. The van der Waals surface area contributed by atoms with E-state index >= 15 is 0 Å². The van der Waals surface area contributed by atoms with Crippen molar-refractivity contribution in [3.05, 3.63) is 88.7 Å². The summed E-state index contributed by atoms with van der Waals surface area (Å²) in [6.45, 7) is 4.54. The molecule has 1 heterocycles. The van der Waals surface area contributed by atoms with Gasteiger partial charge >= 0.3 is 0 Å². The highest BCUT2D eigenvalue weighted by atomic mass is 16.5. The molecule has 6 nitrogen and oxygen atoms in total. The maximum Gasteiger partial charge on any atom is 0.163 e. The van der Waals surface area contributed by atoms with Crippen molar-refractivity contribution in [2.45, 2.75) is 103 Å². The maximum absolute atomic E-state index is 12.7.